The van der Waals surface area contributed by atoms with Crippen LogP contribution < -0.4 is 4.90 Å². The summed E-state index contributed by atoms with van der Waals surface area (Å²) >= 11 is 0. The highest BCUT2D eigenvalue weighted by Gasteiger charge is 2.37. The van der Waals surface area contributed by atoms with Gasteiger partial charge in [0.1, 0.15) is 0 Å². The summed E-state index contributed by atoms with van der Waals surface area (Å²) in [7, 11) is 0. The van der Waals surface area contributed by atoms with E-state index in [0.717, 1.165) is 33.9 Å². The second-order valence-electron chi connectivity index (χ2n) is 16.1. The van der Waals surface area contributed by atoms with Gasteiger partial charge in [0.15, 0.2) is 0 Å². The van der Waals surface area contributed by atoms with Gasteiger partial charge < -0.3 is 9.47 Å². The van der Waals surface area contributed by atoms with Crippen molar-refractivity contribution in [1.29, 1.82) is 0 Å². The van der Waals surface area contributed by atoms with Crippen LogP contribution in [0.3, 0.4) is 0 Å². The van der Waals surface area contributed by atoms with Gasteiger partial charge in [-0.05, 0) is 87.0 Å². The lowest BCUT2D eigenvalue weighted by Gasteiger charge is -2.32. The zero-order valence-electron chi connectivity index (χ0n) is 33.2. The van der Waals surface area contributed by atoms with E-state index in [1.165, 1.54) is 66.3 Å². The zero-order valence-corrected chi connectivity index (χ0v) is 33.2. The molecule has 0 aliphatic heterocycles. The minimum absolute atomic E-state index is 0.118. The number of aromatic nitrogens is 1. The van der Waals surface area contributed by atoms with Crippen molar-refractivity contribution in [1.82, 2.24) is 4.57 Å². The lowest BCUT2D eigenvalue weighted by Crippen LogP contribution is -2.16. The van der Waals surface area contributed by atoms with Gasteiger partial charge in [0.05, 0.1) is 33.8 Å². The van der Waals surface area contributed by atoms with E-state index in [1.807, 2.05) is 0 Å². The van der Waals surface area contributed by atoms with Crippen LogP contribution >= 0.6 is 0 Å². The summed E-state index contributed by atoms with van der Waals surface area (Å²) in [4.78, 5) is 2.52. The molecular weight excluding hydrogens is 713 g/mol. The second-order valence-corrected chi connectivity index (χ2v) is 16.1. The number of hydrogen-bond donors (Lipinski definition) is 0. The van der Waals surface area contributed by atoms with Crippen molar-refractivity contribution in [2.24, 2.45) is 0 Å². The minimum atomic E-state index is -0.118. The molecule has 2 nitrogen and oxygen atoms in total. The molecule has 0 unspecified atom stereocenters. The largest absolute Gasteiger partial charge is 0.307 e. The molecule has 280 valence electrons. The monoisotopic (exact) mass is 754 g/mol. The molecule has 1 heterocycles. The van der Waals surface area contributed by atoms with E-state index in [-0.39, 0.29) is 5.41 Å². The Morgan fingerprint density at radius 2 is 0.881 bits per heavy atom. The van der Waals surface area contributed by atoms with E-state index in [9.17, 15) is 0 Å². The molecule has 0 spiro atoms. The fourth-order valence-corrected chi connectivity index (χ4v) is 9.68. The van der Waals surface area contributed by atoms with Gasteiger partial charge in [0, 0.05) is 27.3 Å². The van der Waals surface area contributed by atoms with E-state index < -0.39 is 0 Å². The maximum atomic E-state index is 2.52. The quantitative estimate of drug-likeness (QED) is 0.157. The molecule has 1 aromatic heterocycles. The molecule has 1 aliphatic rings. The molecule has 0 amide bonds. The smallest absolute Gasteiger partial charge is 0.0702 e. The molecule has 0 radical (unpaired) electrons. The molecular formula is C57H42N2. The minimum Gasteiger partial charge on any atom is -0.307 e. The predicted octanol–water partition coefficient (Wildman–Crippen LogP) is 15.6. The highest BCUT2D eigenvalue weighted by molar-refractivity contribution is 6.10. The van der Waals surface area contributed by atoms with E-state index >= 15 is 0 Å². The van der Waals surface area contributed by atoms with Crippen molar-refractivity contribution in [3.05, 3.63) is 230 Å². The van der Waals surface area contributed by atoms with E-state index in [0.29, 0.717) is 0 Å². The van der Waals surface area contributed by atoms with Gasteiger partial charge in [-0.2, -0.15) is 0 Å². The van der Waals surface area contributed by atoms with Crippen LogP contribution in [0.4, 0.5) is 17.1 Å². The van der Waals surface area contributed by atoms with Crippen molar-refractivity contribution in [3.63, 3.8) is 0 Å². The Balaban J connectivity index is 1.24. The maximum Gasteiger partial charge on any atom is 0.0702 e. The highest BCUT2D eigenvalue weighted by atomic mass is 15.2. The van der Waals surface area contributed by atoms with Gasteiger partial charge in [0.25, 0.3) is 0 Å². The normalized spacial score (nSPS) is 12.7. The van der Waals surface area contributed by atoms with Crippen LogP contribution in [-0.4, -0.2) is 4.57 Å². The molecule has 0 atom stereocenters. The molecule has 0 saturated heterocycles. The van der Waals surface area contributed by atoms with Crippen molar-refractivity contribution in [2.45, 2.75) is 19.3 Å². The Kier molecular flexibility index (Phi) is 8.20. The second kappa shape index (κ2) is 13.9. The third-order valence-electron chi connectivity index (χ3n) is 12.4. The van der Waals surface area contributed by atoms with Crippen molar-refractivity contribution >= 4 is 38.9 Å². The van der Waals surface area contributed by atoms with Gasteiger partial charge >= 0.3 is 0 Å². The van der Waals surface area contributed by atoms with Gasteiger partial charge in [-0.15, -0.1) is 0 Å². The Morgan fingerprint density at radius 1 is 0.356 bits per heavy atom. The van der Waals surface area contributed by atoms with Crippen molar-refractivity contribution in [3.8, 4) is 50.2 Å². The van der Waals surface area contributed by atoms with Gasteiger partial charge in [-0.1, -0.05) is 190 Å². The molecule has 0 N–H and O–H groups in total. The van der Waals surface area contributed by atoms with Gasteiger partial charge in [-0.25, -0.2) is 0 Å². The Labute approximate surface area is 345 Å². The number of anilines is 3. The number of para-hydroxylation sites is 5. The van der Waals surface area contributed by atoms with Crippen LogP contribution in [0.5, 0.6) is 0 Å². The third-order valence-corrected chi connectivity index (χ3v) is 12.4. The highest BCUT2D eigenvalue weighted by Crippen LogP contribution is 2.55. The average molecular weight is 755 g/mol. The first kappa shape index (κ1) is 34.8. The molecule has 59 heavy (non-hydrogen) atoms. The third kappa shape index (κ3) is 5.56. The predicted molar refractivity (Wildman–Crippen MR) is 249 cm³/mol. The number of hydrogen-bond acceptors (Lipinski definition) is 1. The van der Waals surface area contributed by atoms with Crippen LogP contribution in [0.25, 0.3) is 72.0 Å². The van der Waals surface area contributed by atoms with Crippen molar-refractivity contribution in [2.75, 3.05) is 4.90 Å². The first-order valence-electron chi connectivity index (χ1n) is 20.5. The fourth-order valence-electron chi connectivity index (χ4n) is 9.68. The van der Waals surface area contributed by atoms with Crippen LogP contribution in [-0.2, 0) is 5.41 Å². The van der Waals surface area contributed by atoms with Gasteiger partial charge in [0.2, 0.25) is 0 Å². The van der Waals surface area contributed by atoms with Crippen LogP contribution in [0.15, 0.2) is 218 Å². The zero-order chi connectivity index (χ0) is 39.5. The molecule has 0 fully saturated rings. The number of rotatable bonds is 7. The van der Waals surface area contributed by atoms with Crippen molar-refractivity contribution < 1.29 is 0 Å². The average Bonchev–Trinajstić information content (AvgIpc) is 3.76. The topological polar surface area (TPSA) is 8.17 Å². The van der Waals surface area contributed by atoms with Crippen LogP contribution in [0.1, 0.15) is 25.0 Å². The lowest BCUT2D eigenvalue weighted by molar-refractivity contribution is 0.660. The van der Waals surface area contributed by atoms with E-state index in [1.54, 1.807) is 0 Å². The summed E-state index contributed by atoms with van der Waals surface area (Å²) in [6.07, 6.45) is 0. The standard InChI is InChI=1S/C57H42N2/c1-57(2)48-29-13-9-27-46(48)56-45(28-19-30-49(56)57)44-26-12-16-33-52(44)59(53-37-36-41(39-20-5-3-6-21-39)38-47(53)40-22-7-4-8-23-40)55-35-18-17-34-54(55)58-50-31-14-10-24-42(50)43-25-11-15-32-51(43)58/h3-38H,1-2H3. The summed E-state index contributed by atoms with van der Waals surface area (Å²) in [5.74, 6) is 0. The molecule has 0 bridgehead atoms. The lowest BCUT2D eigenvalue weighted by atomic mass is 9.82. The summed E-state index contributed by atoms with van der Waals surface area (Å²) in [6, 6.07) is 80.0. The number of benzene rings is 9. The van der Waals surface area contributed by atoms with Crippen LogP contribution in [0.2, 0.25) is 0 Å². The van der Waals surface area contributed by atoms with E-state index in [2.05, 4.69) is 242 Å². The summed E-state index contributed by atoms with van der Waals surface area (Å²) < 4.78 is 2.45. The van der Waals surface area contributed by atoms with Crippen LogP contribution in [0, 0.1) is 0 Å². The molecule has 0 saturated carbocycles. The molecule has 11 rings (SSSR count). The SMILES string of the molecule is CC1(C)c2ccccc2-c2c(-c3ccccc3N(c3ccc(-c4ccccc4)cc3-c3ccccc3)c3ccccc3-n3c4ccccc4c4ccccc43)cccc21. The van der Waals surface area contributed by atoms with Gasteiger partial charge in [-0.3, -0.25) is 0 Å². The molecule has 10 aromatic rings. The Hall–Kier alpha value is -7.42. The fraction of sp³-hybridized carbons (Fsp3) is 0.0526. The molecule has 2 heteroatoms. The maximum absolute atomic E-state index is 2.52. The first-order chi connectivity index (χ1) is 29.1. The number of fused-ring (bicyclic) bond motifs is 6. The van der Waals surface area contributed by atoms with E-state index in [4.69, 9.17) is 0 Å². The molecule has 9 aromatic carbocycles. The molecule has 1 aliphatic carbocycles. The number of nitrogens with zero attached hydrogens (tertiary/aromatic N) is 2. The summed E-state index contributed by atoms with van der Waals surface area (Å²) in [6.45, 7) is 4.73. The summed E-state index contributed by atoms with van der Waals surface area (Å²) in [5.41, 5.74) is 19.1. The Bertz CT molecular complexity index is 3140. The summed E-state index contributed by atoms with van der Waals surface area (Å²) in [5, 5.41) is 2.48. The Morgan fingerprint density at radius 3 is 1.61 bits per heavy atom. The first-order valence-corrected chi connectivity index (χ1v) is 20.5.